The Morgan fingerprint density at radius 3 is 3.06 bits per heavy atom. The minimum absolute atomic E-state index is 0.357. The van der Waals surface area contributed by atoms with E-state index in [9.17, 15) is 4.79 Å². The van der Waals surface area contributed by atoms with E-state index in [1.54, 1.807) is 0 Å². The number of carbonyl (C=O) groups excluding carboxylic acids is 1. The summed E-state index contributed by atoms with van der Waals surface area (Å²) in [7, 11) is 1.38. The third-order valence-electron chi connectivity index (χ3n) is 2.66. The molecule has 1 saturated heterocycles. The van der Waals surface area contributed by atoms with Gasteiger partial charge < -0.3 is 10.1 Å². The average molecular weight is 272 g/mol. The van der Waals surface area contributed by atoms with Crippen LogP contribution in [0.4, 0.5) is 5.13 Å². The lowest BCUT2D eigenvalue weighted by Crippen LogP contribution is -2.25. The van der Waals surface area contributed by atoms with Crippen LogP contribution in [0.15, 0.2) is 0 Å². The smallest absolute Gasteiger partial charge is 0.357 e. The second-order valence-electron chi connectivity index (χ2n) is 3.97. The van der Waals surface area contributed by atoms with Crippen molar-refractivity contribution in [3.8, 4) is 0 Å². The van der Waals surface area contributed by atoms with Gasteiger partial charge in [0, 0.05) is 16.7 Å². The molecule has 0 saturated carbocycles. The highest BCUT2D eigenvalue weighted by Crippen LogP contribution is 2.26. The van der Waals surface area contributed by atoms with E-state index in [-0.39, 0.29) is 5.97 Å². The molecule has 6 heteroatoms. The van der Waals surface area contributed by atoms with Crippen molar-refractivity contribution in [1.82, 2.24) is 4.98 Å². The maximum Gasteiger partial charge on any atom is 0.357 e. The van der Waals surface area contributed by atoms with Gasteiger partial charge >= 0.3 is 5.97 Å². The van der Waals surface area contributed by atoms with E-state index in [0.717, 1.165) is 15.8 Å². The molecule has 2 heterocycles. The SMILES string of the molecule is COC(=O)c1nc(NC2CCCSC2)sc1C. The Balaban J connectivity index is 2.03. The molecule has 0 amide bonds. The molecule has 1 aromatic rings. The number of carbonyl (C=O) groups is 1. The topological polar surface area (TPSA) is 51.2 Å². The minimum atomic E-state index is -0.357. The molecule has 0 aliphatic carbocycles. The molecule has 0 spiro atoms. The zero-order valence-electron chi connectivity index (χ0n) is 9.99. The predicted molar refractivity (Wildman–Crippen MR) is 72.2 cm³/mol. The number of hydrogen-bond donors (Lipinski definition) is 1. The van der Waals surface area contributed by atoms with E-state index in [2.05, 4.69) is 10.3 Å². The van der Waals surface area contributed by atoms with E-state index in [4.69, 9.17) is 4.74 Å². The lowest BCUT2D eigenvalue weighted by molar-refractivity contribution is 0.0594. The van der Waals surface area contributed by atoms with Crippen molar-refractivity contribution in [2.24, 2.45) is 0 Å². The van der Waals surface area contributed by atoms with Crippen LogP contribution in [0.5, 0.6) is 0 Å². The molecule has 0 radical (unpaired) electrons. The van der Waals surface area contributed by atoms with Gasteiger partial charge in [0.15, 0.2) is 10.8 Å². The second kappa shape index (κ2) is 5.73. The molecule has 1 N–H and O–H groups in total. The van der Waals surface area contributed by atoms with Crippen molar-refractivity contribution >= 4 is 34.2 Å². The molecular formula is C11H16N2O2S2. The van der Waals surface area contributed by atoms with Crippen LogP contribution in [0.25, 0.3) is 0 Å². The number of esters is 1. The number of hydrogen-bond acceptors (Lipinski definition) is 6. The third kappa shape index (κ3) is 3.13. The van der Waals surface area contributed by atoms with Crippen molar-refractivity contribution in [3.05, 3.63) is 10.6 Å². The van der Waals surface area contributed by atoms with E-state index in [1.807, 2.05) is 18.7 Å². The van der Waals surface area contributed by atoms with Crippen LogP contribution in [-0.2, 0) is 4.74 Å². The molecule has 94 valence electrons. The normalized spacial score (nSPS) is 20.0. The van der Waals surface area contributed by atoms with Crippen LogP contribution in [-0.4, -0.2) is 35.6 Å². The number of thiazole rings is 1. The standard InChI is InChI=1S/C11H16N2O2S2/c1-7-9(10(14)15-2)13-11(17-7)12-8-4-3-5-16-6-8/h8H,3-6H2,1-2H3,(H,12,13). The molecule has 1 unspecified atom stereocenters. The zero-order chi connectivity index (χ0) is 12.3. The second-order valence-corrected chi connectivity index (χ2v) is 6.33. The van der Waals surface area contributed by atoms with Crippen molar-refractivity contribution in [1.29, 1.82) is 0 Å². The summed E-state index contributed by atoms with van der Waals surface area (Å²) in [6.45, 7) is 1.89. The monoisotopic (exact) mass is 272 g/mol. The Kier molecular flexibility index (Phi) is 4.28. The number of methoxy groups -OCH3 is 1. The molecule has 1 atom stereocenters. The van der Waals surface area contributed by atoms with Crippen LogP contribution in [0.2, 0.25) is 0 Å². The minimum Gasteiger partial charge on any atom is -0.464 e. The van der Waals surface area contributed by atoms with E-state index in [1.165, 1.54) is 37.0 Å². The lowest BCUT2D eigenvalue weighted by Gasteiger charge is -2.21. The summed E-state index contributed by atoms with van der Waals surface area (Å²) >= 11 is 3.49. The van der Waals surface area contributed by atoms with Gasteiger partial charge in [-0.3, -0.25) is 0 Å². The maximum absolute atomic E-state index is 11.4. The molecular weight excluding hydrogens is 256 g/mol. The lowest BCUT2D eigenvalue weighted by atomic mass is 10.2. The maximum atomic E-state index is 11.4. The highest BCUT2D eigenvalue weighted by molar-refractivity contribution is 7.99. The fourth-order valence-corrected chi connectivity index (χ4v) is 3.72. The number of nitrogens with zero attached hydrogens (tertiary/aromatic N) is 1. The number of nitrogens with one attached hydrogen (secondary N) is 1. The van der Waals surface area contributed by atoms with Crippen LogP contribution in [0.1, 0.15) is 28.2 Å². The highest BCUT2D eigenvalue weighted by atomic mass is 32.2. The zero-order valence-corrected chi connectivity index (χ0v) is 11.6. The van der Waals surface area contributed by atoms with Crippen molar-refractivity contribution in [3.63, 3.8) is 0 Å². The van der Waals surface area contributed by atoms with E-state index in [0.29, 0.717) is 11.7 Å². The van der Waals surface area contributed by atoms with Gasteiger partial charge in [-0.15, -0.1) is 11.3 Å². The molecule has 1 aliphatic heterocycles. The van der Waals surface area contributed by atoms with Crippen molar-refractivity contribution in [2.75, 3.05) is 23.9 Å². The summed E-state index contributed by atoms with van der Waals surface area (Å²) in [5.41, 5.74) is 0.434. The summed E-state index contributed by atoms with van der Waals surface area (Å²) in [5.74, 6) is 2.01. The molecule has 1 fully saturated rings. The van der Waals surface area contributed by atoms with Crippen LogP contribution in [0.3, 0.4) is 0 Å². The third-order valence-corrected chi connectivity index (χ3v) is 4.78. The Hall–Kier alpha value is -0.750. The molecule has 1 aliphatic rings. The number of rotatable bonds is 3. The Morgan fingerprint density at radius 2 is 2.41 bits per heavy atom. The summed E-state index contributed by atoms with van der Waals surface area (Å²) in [4.78, 5) is 16.6. The number of anilines is 1. The molecule has 0 aromatic carbocycles. The van der Waals surface area contributed by atoms with Gasteiger partial charge in [0.25, 0.3) is 0 Å². The van der Waals surface area contributed by atoms with Gasteiger partial charge in [-0.2, -0.15) is 11.8 Å². The van der Waals surface area contributed by atoms with Crippen LogP contribution in [0, 0.1) is 6.92 Å². The summed E-state index contributed by atoms with van der Waals surface area (Å²) in [5, 5.41) is 4.23. The Bertz CT molecular complexity index is 400. The summed E-state index contributed by atoms with van der Waals surface area (Å²) in [6, 6.07) is 0.477. The van der Waals surface area contributed by atoms with Crippen molar-refractivity contribution in [2.45, 2.75) is 25.8 Å². The first-order valence-electron chi connectivity index (χ1n) is 5.60. The van der Waals surface area contributed by atoms with Crippen LogP contribution < -0.4 is 5.32 Å². The van der Waals surface area contributed by atoms with Crippen molar-refractivity contribution < 1.29 is 9.53 Å². The largest absolute Gasteiger partial charge is 0.464 e. The number of ether oxygens (including phenoxy) is 1. The van der Waals surface area contributed by atoms with Gasteiger partial charge in [0.05, 0.1) is 7.11 Å². The first-order valence-corrected chi connectivity index (χ1v) is 7.58. The summed E-state index contributed by atoms with van der Waals surface area (Å²) < 4.78 is 4.69. The quantitative estimate of drug-likeness (QED) is 0.857. The van der Waals surface area contributed by atoms with Gasteiger partial charge in [0.1, 0.15) is 0 Å². The Labute approximate surface area is 109 Å². The fraction of sp³-hybridized carbons (Fsp3) is 0.636. The van der Waals surface area contributed by atoms with Gasteiger partial charge in [-0.05, 0) is 25.5 Å². The molecule has 2 rings (SSSR count). The predicted octanol–water partition coefficient (Wildman–Crippen LogP) is 2.55. The van der Waals surface area contributed by atoms with E-state index < -0.39 is 0 Å². The van der Waals surface area contributed by atoms with Gasteiger partial charge in [0.2, 0.25) is 0 Å². The van der Waals surface area contributed by atoms with Gasteiger partial charge in [-0.1, -0.05) is 0 Å². The highest BCUT2D eigenvalue weighted by Gasteiger charge is 2.19. The average Bonchev–Trinajstić information content (AvgIpc) is 2.70. The number of thioether (sulfide) groups is 1. The Morgan fingerprint density at radius 1 is 1.59 bits per heavy atom. The number of aryl methyl sites for hydroxylation is 1. The molecule has 4 nitrogen and oxygen atoms in total. The van der Waals surface area contributed by atoms with E-state index >= 15 is 0 Å². The number of aromatic nitrogens is 1. The molecule has 1 aromatic heterocycles. The van der Waals surface area contributed by atoms with Crippen LogP contribution >= 0.6 is 23.1 Å². The summed E-state index contributed by atoms with van der Waals surface area (Å²) in [6.07, 6.45) is 2.43. The molecule has 0 bridgehead atoms. The first kappa shape index (κ1) is 12.7. The van der Waals surface area contributed by atoms with Gasteiger partial charge in [-0.25, -0.2) is 9.78 Å². The first-order chi connectivity index (χ1) is 8.20. The molecule has 17 heavy (non-hydrogen) atoms. The fourth-order valence-electron chi connectivity index (χ4n) is 1.77.